The number of hydrogen-bond donors (Lipinski definition) is 0. The van der Waals surface area contributed by atoms with Gasteiger partial charge in [0.15, 0.2) is 33.9 Å². The number of halogens is 5. The highest BCUT2D eigenvalue weighted by Crippen LogP contribution is 2.30. The number of nitrogens with zero attached hydrogens (tertiary/aromatic N) is 1. The molecule has 11 heteroatoms. The first-order valence-electron chi connectivity index (χ1n) is 11.1. The van der Waals surface area contributed by atoms with Crippen molar-refractivity contribution in [3.63, 3.8) is 0 Å². The zero-order valence-corrected chi connectivity index (χ0v) is 19.7. The first-order valence-corrected chi connectivity index (χ1v) is 12.5. The molecule has 2 aromatic rings. The van der Waals surface area contributed by atoms with Gasteiger partial charge in [0.25, 0.3) is 0 Å². The van der Waals surface area contributed by atoms with Gasteiger partial charge in [-0.05, 0) is 50.4 Å². The average molecular weight is 518 g/mol. The molecule has 1 heterocycles. The summed E-state index contributed by atoms with van der Waals surface area (Å²) >= 11 is 0. The summed E-state index contributed by atoms with van der Waals surface area (Å²) < 4.78 is 97.5. The average Bonchev–Trinajstić information content (AvgIpc) is 2.84. The summed E-state index contributed by atoms with van der Waals surface area (Å²) in [5.74, 6) is -13.7. The first-order chi connectivity index (χ1) is 16.6. The van der Waals surface area contributed by atoms with Gasteiger partial charge in [0, 0.05) is 24.6 Å². The van der Waals surface area contributed by atoms with Crippen LogP contribution >= 0.6 is 0 Å². The molecule has 1 fully saturated rings. The number of likely N-dealkylation sites (tertiary alicyclic amines) is 1. The topological polar surface area (TPSA) is 63.7 Å². The quantitative estimate of drug-likeness (QED) is 0.139. The molecule has 1 atom stereocenters. The smallest absolute Gasteiger partial charge is 0.345 e. The van der Waals surface area contributed by atoms with Gasteiger partial charge >= 0.3 is 10.1 Å². The minimum atomic E-state index is -5.46. The number of carbonyl (C=O) groups is 1. The molecule has 3 rings (SSSR count). The Balaban J connectivity index is 1.79. The summed E-state index contributed by atoms with van der Waals surface area (Å²) in [6.45, 7) is 3.74. The third-order valence-corrected chi connectivity index (χ3v) is 7.01. The van der Waals surface area contributed by atoms with Crippen LogP contribution in [0.5, 0.6) is 5.75 Å². The van der Waals surface area contributed by atoms with Gasteiger partial charge < -0.3 is 9.08 Å². The van der Waals surface area contributed by atoms with Crippen molar-refractivity contribution in [1.82, 2.24) is 4.90 Å². The minimum absolute atomic E-state index is 0.0772. The maximum Gasteiger partial charge on any atom is 0.345 e. The standard InChI is InChI=1S/C24H24F5NO4S/c1-2-15(9-7-13-30-11-4-3-5-12-30)23(31)16-8-6-10-17(14-16)34-35(32,33)24-21(28)19(26)18(25)20(27)22(24)29/h6-8,10,13-15H,2-5,9,11-12H2,1H3. The van der Waals surface area contributed by atoms with Crippen LogP contribution in [-0.4, -0.2) is 32.2 Å². The van der Waals surface area contributed by atoms with Gasteiger partial charge in [0.1, 0.15) is 5.75 Å². The molecule has 2 aromatic carbocycles. The fraction of sp³-hybridized carbons (Fsp3) is 0.375. The molecule has 0 radical (unpaired) electrons. The lowest BCUT2D eigenvalue weighted by Crippen LogP contribution is -2.24. The van der Waals surface area contributed by atoms with Crippen LogP contribution < -0.4 is 4.18 Å². The van der Waals surface area contributed by atoms with Gasteiger partial charge in [0.05, 0.1) is 0 Å². The predicted molar refractivity (Wildman–Crippen MR) is 118 cm³/mol. The van der Waals surface area contributed by atoms with E-state index in [4.69, 9.17) is 0 Å². The van der Waals surface area contributed by atoms with E-state index in [0.29, 0.717) is 12.8 Å². The lowest BCUT2D eigenvalue weighted by Gasteiger charge is -2.25. The van der Waals surface area contributed by atoms with Crippen molar-refractivity contribution in [2.45, 2.75) is 43.9 Å². The number of hydrogen-bond acceptors (Lipinski definition) is 5. The second-order valence-corrected chi connectivity index (χ2v) is 9.63. The highest BCUT2D eigenvalue weighted by atomic mass is 32.2. The number of Topliss-reactive ketones (excluding diaryl/α,β-unsaturated/α-hetero) is 1. The van der Waals surface area contributed by atoms with E-state index in [2.05, 4.69) is 9.08 Å². The van der Waals surface area contributed by atoms with Gasteiger partial charge in [0.2, 0.25) is 5.82 Å². The van der Waals surface area contributed by atoms with Crippen LogP contribution in [0.1, 0.15) is 49.4 Å². The molecular formula is C24H24F5NO4S. The van der Waals surface area contributed by atoms with E-state index in [1.807, 2.05) is 19.2 Å². The first kappa shape index (κ1) is 26.7. The normalized spacial score (nSPS) is 15.4. The van der Waals surface area contributed by atoms with Crippen LogP contribution in [0.15, 0.2) is 41.4 Å². The molecule has 0 spiro atoms. The summed E-state index contributed by atoms with van der Waals surface area (Å²) in [5, 5.41) is 0. The van der Waals surface area contributed by atoms with Gasteiger partial charge in [-0.2, -0.15) is 8.42 Å². The molecule has 0 aromatic heterocycles. The highest BCUT2D eigenvalue weighted by Gasteiger charge is 2.35. The van der Waals surface area contributed by atoms with Crippen molar-refractivity contribution >= 4 is 15.9 Å². The Kier molecular flexibility index (Phi) is 8.52. The lowest BCUT2D eigenvalue weighted by molar-refractivity contribution is 0.0917. The fourth-order valence-corrected chi connectivity index (χ4v) is 4.87. The predicted octanol–water partition coefficient (Wildman–Crippen LogP) is 5.75. The van der Waals surface area contributed by atoms with Crippen molar-refractivity contribution in [3.8, 4) is 5.75 Å². The number of piperidine rings is 1. The summed E-state index contributed by atoms with van der Waals surface area (Å²) in [6, 6.07) is 4.82. The monoisotopic (exact) mass is 517 g/mol. The Bertz CT molecular complexity index is 1200. The maximum absolute atomic E-state index is 14.0. The van der Waals surface area contributed by atoms with E-state index in [0.717, 1.165) is 38.1 Å². The number of allylic oxidation sites excluding steroid dienone is 1. The number of ketones is 1. The molecule has 0 saturated carbocycles. The molecule has 1 aliphatic heterocycles. The Hall–Kier alpha value is -2.95. The van der Waals surface area contributed by atoms with E-state index in [9.17, 15) is 35.2 Å². The highest BCUT2D eigenvalue weighted by molar-refractivity contribution is 7.87. The summed E-state index contributed by atoms with van der Waals surface area (Å²) in [4.78, 5) is 13.0. The summed E-state index contributed by atoms with van der Waals surface area (Å²) in [6.07, 6.45) is 8.23. The molecule has 0 amide bonds. The van der Waals surface area contributed by atoms with Crippen molar-refractivity contribution < 1.29 is 39.3 Å². The molecule has 1 unspecified atom stereocenters. The third kappa shape index (κ3) is 6.01. The Morgan fingerprint density at radius 3 is 2.20 bits per heavy atom. The van der Waals surface area contributed by atoms with Crippen LogP contribution in [0.4, 0.5) is 22.0 Å². The van der Waals surface area contributed by atoms with E-state index in [1.165, 1.54) is 18.6 Å². The van der Waals surface area contributed by atoms with Crippen LogP contribution in [-0.2, 0) is 10.1 Å². The van der Waals surface area contributed by atoms with E-state index >= 15 is 0 Å². The zero-order chi connectivity index (χ0) is 25.8. The van der Waals surface area contributed by atoms with Crippen LogP contribution in [0.2, 0.25) is 0 Å². The van der Waals surface area contributed by atoms with Gasteiger partial charge in [-0.3, -0.25) is 4.79 Å². The maximum atomic E-state index is 14.0. The Morgan fingerprint density at radius 2 is 1.60 bits per heavy atom. The lowest BCUT2D eigenvalue weighted by atomic mass is 9.92. The van der Waals surface area contributed by atoms with E-state index in [1.54, 1.807) is 0 Å². The Labute approximate surface area is 200 Å². The molecular weight excluding hydrogens is 493 g/mol. The number of benzene rings is 2. The van der Waals surface area contributed by atoms with Crippen LogP contribution in [0.25, 0.3) is 0 Å². The summed E-state index contributed by atoms with van der Waals surface area (Å²) in [5.41, 5.74) is 0.0772. The molecule has 0 N–H and O–H groups in total. The van der Waals surface area contributed by atoms with E-state index < -0.39 is 55.8 Å². The Morgan fingerprint density at radius 1 is 1.00 bits per heavy atom. The van der Waals surface area contributed by atoms with Crippen molar-refractivity contribution in [2.24, 2.45) is 5.92 Å². The largest absolute Gasteiger partial charge is 0.379 e. The second kappa shape index (κ2) is 11.2. The van der Waals surface area contributed by atoms with Crippen molar-refractivity contribution in [1.29, 1.82) is 0 Å². The SMILES string of the molecule is CCC(CC=CN1CCCCC1)C(=O)c1cccc(OS(=O)(=O)c2c(F)c(F)c(F)c(F)c2F)c1. The molecule has 1 aliphatic rings. The fourth-order valence-electron chi connectivity index (χ4n) is 3.81. The molecule has 1 saturated heterocycles. The second-order valence-electron chi connectivity index (χ2n) is 8.15. The molecule has 0 aliphatic carbocycles. The molecule has 0 bridgehead atoms. The van der Waals surface area contributed by atoms with Crippen molar-refractivity contribution in [3.05, 3.63) is 71.2 Å². The van der Waals surface area contributed by atoms with Gasteiger partial charge in [-0.1, -0.05) is 25.1 Å². The molecule has 35 heavy (non-hydrogen) atoms. The van der Waals surface area contributed by atoms with Gasteiger partial charge in [-0.25, -0.2) is 22.0 Å². The van der Waals surface area contributed by atoms with Crippen LogP contribution in [0, 0.1) is 35.0 Å². The zero-order valence-electron chi connectivity index (χ0n) is 18.9. The number of rotatable bonds is 9. The van der Waals surface area contributed by atoms with E-state index in [-0.39, 0.29) is 11.3 Å². The molecule has 5 nitrogen and oxygen atoms in total. The summed E-state index contributed by atoms with van der Waals surface area (Å²) in [7, 11) is -5.46. The third-order valence-electron chi connectivity index (χ3n) is 5.74. The molecule has 190 valence electrons. The van der Waals surface area contributed by atoms with Crippen molar-refractivity contribution in [2.75, 3.05) is 13.1 Å². The number of carbonyl (C=O) groups excluding carboxylic acids is 1. The minimum Gasteiger partial charge on any atom is -0.379 e. The van der Waals surface area contributed by atoms with Gasteiger partial charge in [-0.15, -0.1) is 0 Å². The van der Waals surface area contributed by atoms with Crippen LogP contribution in [0.3, 0.4) is 0 Å².